The Morgan fingerprint density at radius 2 is 2.04 bits per heavy atom. The monoisotopic (exact) mass is 382 g/mol. The first kappa shape index (κ1) is 17.0. The van der Waals surface area contributed by atoms with Gasteiger partial charge in [-0.3, -0.25) is 10.1 Å². The highest BCUT2D eigenvalue weighted by Crippen LogP contribution is 2.25. The smallest absolute Gasteiger partial charge is 0.258 e. The summed E-state index contributed by atoms with van der Waals surface area (Å²) in [6.45, 7) is 0. The Kier molecular flexibility index (Phi) is 4.25. The predicted molar refractivity (Wildman–Crippen MR) is 102 cm³/mol. The fourth-order valence-corrected chi connectivity index (χ4v) is 2.94. The summed E-state index contributed by atoms with van der Waals surface area (Å²) < 4.78 is 6.64. The Morgan fingerprint density at radius 3 is 2.78 bits per heavy atom. The summed E-state index contributed by atoms with van der Waals surface area (Å²) >= 11 is 6.07. The van der Waals surface area contributed by atoms with Gasteiger partial charge in [0.15, 0.2) is 11.6 Å². The molecule has 0 radical (unpaired) electrons. The van der Waals surface area contributed by atoms with Gasteiger partial charge in [-0.25, -0.2) is 9.67 Å². The Balaban J connectivity index is 1.59. The normalized spacial score (nSPS) is 10.9. The third kappa shape index (κ3) is 3.22. The van der Waals surface area contributed by atoms with Crippen LogP contribution < -0.4 is 10.1 Å². The number of para-hydroxylation sites is 2. The molecule has 0 bridgehead atoms. The van der Waals surface area contributed by atoms with Crippen molar-refractivity contribution in [2.75, 3.05) is 12.4 Å². The van der Waals surface area contributed by atoms with Crippen LogP contribution in [0.4, 0.5) is 5.95 Å². The molecule has 0 aliphatic rings. The maximum Gasteiger partial charge on any atom is 0.258 e. The van der Waals surface area contributed by atoms with Gasteiger partial charge < -0.3 is 9.72 Å². The highest BCUT2D eigenvalue weighted by Gasteiger charge is 2.16. The van der Waals surface area contributed by atoms with Gasteiger partial charge in [0.2, 0.25) is 5.95 Å². The molecule has 1 amide bonds. The molecule has 0 saturated carbocycles. The zero-order valence-electron chi connectivity index (χ0n) is 14.5. The van der Waals surface area contributed by atoms with Crippen LogP contribution in [0.25, 0.3) is 22.7 Å². The lowest BCUT2D eigenvalue weighted by atomic mass is 10.2. The number of fused-ring (bicyclic) bond motifs is 1. The van der Waals surface area contributed by atoms with Gasteiger partial charge >= 0.3 is 0 Å². The third-order valence-corrected chi connectivity index (χ3v) is 4.30. The molecule has 0 fully saturated rings. The highest BCUT2D eigenvalue weighted by molar-refractivity contribution is 6.32. The minimum absolute atomic E-state index is 0.171. The molecule has 2 aromatic carbocycles. The SMILES string of the molecule is COc1ccc(C(=O)Nc2nc(-c3nc4ccccc4[nH]3)n(C)n2)cc1Cl. The number of amides is 1. The zero-order valence-corrected chi connectivity index (χ0v) is 15.3. The standard InChI is InChI=1S/C18H15ClN6O2/c1-25-16(15-20-12-5-3-4-6-13(12)21-15)22-18(24-25)23-17(26)10-7-8-14(27-2)11(19)9-10/h3-9H,1-2H3,(H,20,21)(H,23,24,26). The number of rotatable bonds is 4. The van der Waals surface area contributed by atoms with E-state index in [4.69, 9.17) is 16.3 Å². The predicted octanol–water partition coefficient (Wildman–Crippen LogP) is 3.27. The van der Waals surface area contributed by atoms with Gasteiger partial charge in [-0.05, 0) is 30.3 Å². The number of aromatic amines is 1. The largest absolute Gasteiger partial charge is 0.495 e. The Hall–Kier alpha value is -3.39. The van der Waals surface area contributed by atoms with Crippen molar-refractivity contribution >= 4 is 34.5 Å². The van der Waals surface area contributed by atoms with Crippen LogP contribution in [0, 0.1) is 0 Å². The number of imidazole rings is 1. The maximum atomic E-state index is 12.4. The average Bonchev–Trinajstić information content (AvgIpc) is 3.24. The first-order valence-electron chi connectivity index (χ1n) is 8.06. The molecule has 136 valence electrons. The van der Waals surface area contributed by atoms with E-state index in [2.05, 4.69) is 25.4 Å². The number of halogens is 1. The molecule has 0 aliphatic heterocycles. The minimum Gasteiger partial charge on any atom is -0.495 e. The molecule has 0 atom stereocenters. The molecule has 0 aliphatic carbocycles. The number of benzene rings is 2. The molecule has 27 heavy (non-hydrogen) atoms. The molecule has 9 heteroatoms. The molecule has 2 heterocycles. The van der Waals surface area contributed by atoms with E-state index >= 15 is 0 Å². The maximum absolute atomic E-state index is 12.4. The average molecular weight is 383 g/mol. The van der Waals surface area contributed by atoms with Crippen LogP contribution in [0.3, 0.4) is 0 Å². The summed E-state index contributed by atoms with van der Waals surface area (Å²) in [6, 6.07) is 12.4. The molecule has 0 unspecified atom stereocenters. The fraction of sp³-hybridized carbons (Fsp3) is 0.111. The van der Waals surface area contributed by atoms with Crippen LogP contribution in [0.5, 0.6) is 5.75 Å². The molecule has 8 nitrogen and oxygen atoms in total. The van der Waals surface area contributed by atoms with Crippen molar-refractivity contribution in [3.63, 3.8) is 0 Å². The van der Waals surface area contributed by atoms with E-state index in [0.717, 1.165) is 11.0 Å². The summed E-state index contributed by atoms with van der Waals surface area (Å²) in [7, 11) is 3.24. The first-order valence-corrected chi connectivity index (χ1v) is 8.44. The number of anilines is 1. The van der Waals surface area contributed by atoms with E-state index in [1.165, 1.54) is 13.2 Å². The van der Waals surface area contributed by atoms with Crippen LogP contribution in [0.1, 0.15) is 10.4 Å². The lowest BCUT2D eigenvalue weighted by molar-refractivity contribution is 0.102. The Morgan fingerprint density at radius 1 is 1.22 bits per heavy atom. The Labute approximate surface area is 159 Å². The molecule has 0 spiro atoms. The van der Waals surface area contributed by atoms with Crippen LogP contribution >= 0.6 is 11.6 Å². The van der Waals surface area contributed by atoms with Crippen molar-refractivity contribution in [3.8, 4) is 17.4 Å². The van der Waals surface area contributed by atoms with Crippen molar-refractivity contribution in [1.29, 1.82) is 0 Å². The molecule has 2 N–H and O–H groups in total. The van der Waals surface area contributed by atoms with E-state index < -0.39 is 0 Å². The van der Waals surface area contributed by atoms with Gasteiger partial charge in [0.05, 0.1) is 23.2 Å². The van der Waals surface area contributed by atoms with Gasteiger partial charge in [0, 0.05) is 12.6 Å². The number of nitrogens with one attached hydrogen (secondary N) is 2. The van der Waals surface area contributed by atoms with Crippen LogP contribution in [0.15, 0.2) is 42.5 Å². The number of methoxy groups -OCH3 is 1. The van der Waals surface area contributed by atoms with Crippen molar-refractivity contribution < 1.29 is 9.53 Å². The number of ether oxygens (including phenoxy) is 1. The summed E-state index contributed by atoms with van der Waals surface area (Å²) in [6.07, 6.45) is 0. The molecule has 2 aromatic heterocycles. The van der Waals surface area contributed by atoms with E-state index in [-0.39, 0.29) is 11.9 Å². The van der Waals surface area contributed by atoms with Crippen molar-refractivity contribution in [2.45, 2.75) is 0 Å². The van der Waals surface area contributed by atoms with E-state index in [9.17, 15) is 4.79 Å². The number of carbonyl (C=O) groups is 1. The van der Waals surface area contributed by atoms with Gasteiger partial charge in [-0.2, -0.15) is 4.98 Å². The number of hydrogen-bond acceptors (Lipinski definition) is 5. The number of aromatic nitrogens is 5. The summed E-state index contributed by atoms with van der Waals surface area (Å²) in [4.78, 5) is 24.5. The van der Waals surface area contributed by atoms with Crippen LogP contribution in [-0.4, -0.2) is 37.7 Å². The van der Waals surface area contributed by atoms with Crippen LogP contribution in [0.2, 0.25) is 5.02 Å². The fourth-order valence-electron chi connectivity index (χ4n) is 2.68. The highest BCUT2D eigenvalue weighted by atomic mass is 35.5. The van der Waals surface area contributed by atoms with E-state index in [0.29, 0.717) is 28.0 Å². The van der Waals surface area contributed by atoms with Crippen LogP contribution in [-0.2, 0) is 7.05 Å². The topological polar surface area (TPSA) is 97.7 Å². The Bertz CT molecular complexity index is 1120. The molecule has 4 aromatic rings. The van der Waals surface area contributed by atoms with E-state index in [1.807, 2.05) is 24.3 Å². The first-order chi connectivity index (χ1) is 13.0. The number of carbonyl (C=O) groups excluding carboxylic acids is 1. The van der Waals surface area contributed by atoms with Gasteiger partial charge in [0.1, 0.15) is 5.75 Å². The van der Waals surface area contributed by atoms with Gasteiger partial charge in [0.25, 0.3) is 5.91 Å². The molecule has 0 saturated heterocycles. The minimum atomic E-state index is -0.374. The second kappa shape index (κ2) is 6.73. The molecule has 4 rings (SSSR count). The lowest BCUT2D eigenvalue weighted by Gasteiger charge is -2.05. The number of aryl methyl sites for hydroxylation is 1. The summed E-state index contributed by atoms with van der Waals surface area (Å²) in [5, 5.41) is 7.25. The van der Waals surface area contributed by atoms with Gasteiger partial charge in [-0.1, -0.05) is 23.7 Å². The second-order valence-corrected chi connectivity index (χ2v) is 6.20. The third-order valence-electron chi connectivity index (χ3n) is 4.00. The summed E-state index contributed by atoms with van der Waals surface area (Å²) in [5.41, 5.74) is 2.10. The van der Waals surface area contributed by atoms with Crippen molar-refractivity contribution in [2.24, 2.45) is 7.05 Å². The summed E-state index contributed by atoms with van der Waals surface area (Å²) in [5.74, 6) is 1.37. The van der Waals surface area contributed by atoms with E-state index in [1.54, 1.807) is 23.9 Å². The quantitative estimate of drug-likeness (QED) is 0.564. The number of nitrogens with zero attached hydrogens (tertiary/aromatic N) is 4. The number of hydrogen-bond donors (Lipinski definition) is 2. The molecular weight excluding hydrogens is 368 g/mol. The zero-order chi connectivity index (χ0) is 19.0. The van der Waals surface area contributed by atoms with Crippen molar-refractivity contribution in [3.05, 3.63) is 53.1 Å². The molecular formula is C18H15ClN6O2. The second-order valence-electron chi connectivity index (χ2n) is 5.79. The number of H-pyrrole nitrogens is 1. The van der Waals surface area contributed by atoms with Crippen molar-refractivity contribution in [1.82, 2.24) is 24.7 Å². The lowest BCUT2D eigenvalue weighted by Crippen LogP contribution is -2.13. The van der Waals surface area contributed by atoms with Gasteiger partial charge in [-0.15, -0.1) is 5.10 Å².